The van der Waals surface area contributed by atoms with Crippen molar-refractivity contribution in [1.29, 1.82) is 0 Å². The maximum Gasteiger partial charge on any atom is 0.309 e. The van der Waals surface area contributed by atoms with Gasteiger partial charge in [0.25, 0.3) is 0 Å². The molecule has 0 aromatic heterocycles. The molecule has 120 valence electrons. The molecule has 0 fully saturated rings. The van der Waals surface area contributed by atoms with Gasteiger partial charge in [0, 0.05) is 13.1 Å². The molecule has 0 spiro atoms. The van der Waals surface area contributed by atoms with Crippen LogP contribution in [0.4, 0.5) is 4.39 Å². The Morgan fingerprint density at radius 2 is 1.22 bits per heavy atom. The average Bonchev–Trinajstić information content (AvgIpc) is 2.57. The molecule has 4 nitrogen and oxygen atoms in total. The van der Waals surface area contributed by atoms with E-state index in [0.29, 0.717) is 25.9 Å². The number of hydrogen-bond acceptors (Lipinski definition) is 2. The molecule has 2 aromatic carbocycles. The molecule has 0 unspecified atom stereocenters. The van der Waals surface area contributed by atoms with Crippen molar-refractivity contribution in [3.05, 3.63) is 71.5 Å². The van der Waals surface area contributed by atoms with E-state index in [1.165, 1.54) is 12.1 Å². The smallest absolute Gasteiger partial charge is 0.309 e. The van der Waals surface area contributed by atoms with E-state index in [2.05, 4.69) is 10.6 Å². The number of rotatable bonds is 6. The van der Waals surface area contributed by atoms with E-state index in [0.717, 1.165) is 11.1 Å². The van der Waals surface area contributed by atoms with Crippen LogP contribution in [0.25, 0.3) is 0 Å². The molecule has 0 aliphatic rings. The number of hydrogen-bond donors (Lipinski definition) is 2. The summed E-state index contributed by atoms with van der Waals surface area (Å²) in [5.41, 5.74) is 2.00. The van der Waals surface area contributed by atoms with E-state index >= 15 is 0 Å². The summed E-state index contributed by atoms with van der Waals surface area (Å²) in [5, 5.41) is 5.14. The second-order valence-corrected chi connectivity index (χ2v) is 5.12. The van der Waals surface area contributed by atoms with Gasteiger partial charge >= 0.3 is 11.8 Å². The van der Waals surface area contributed by atoms with Crippen molar-refractivity contribution in [1.82, 2.24) is 10.6 Å². The second-order valence-electron chi connectivity index (χ2n) is 5.12. The summed E-state index contributed by atoms with van der Waals surface area (Å²) in [4.78, 5) is 23.3. The monoisotopic (exact) mass is 314 g/mol. The third-order valence-electron chi connectivity index (χ3n) is 3.36. The third-order valence-corrected chi connectivity index (χ3v) is 3.36. The lowest BCUT2D eigenvalue weighted by Gasteiger charge is -2.07. The summed E-state index contributed by atoms with van der Waals surface area (Å²) in [5.74, 6) is -1.59. The SMILES string of the molecule is O=C(NCCc1ccccc1)C(=O)NCCc1ccc(F)cc1. The minimum absolute atomic E-state index is 0.296. The molecule has 0 radical (unpaired) electrons. The highest BCUT2D eigenvalue weighted by molar-refractivity contribution is 6.35. The van der Waals surface area contributed by atoms with E-state index in [-0.39, 0.29) is 5.82 Å². The number of amides is 2. The number of benzene rings is 2. The first-order chi connectivity index (χ1) is 11.1. The largest absolute Gasteiger partial charge is 0.348 e. The zero-order chi connectivity index (χ0) is 16.5. The molecule has 2 amide bonds. The molecule has 0 saturated heterocycles. The standard InChI is InChI=1S/C18H19FN2O2/c19-16-8-6-15(7-9-16)11-13-21-18(23)17(22)20-12-10-14-4-2-1-3-5-14/h1-9H,10-13H2,(H,20,22)(H,21,23). The van der Waals surface area contributed by atoms with Gasteiger partial charge in [-0.1, -0.05) is 42.5 Å². The summed E-state index contributed by atoms with van der Waals surface area (Å²) >= 11 is 0. The van der Waals surface area contributed by atoms with Crippen LogP contribution >= 0.6 is 0 Å². The van der Waals surface area contributed by atoms with Gasteiger partial charge in [0.05, 0.1) is 0 Å². The van der Waals surface area contributed by atoms with Crippen molar-refractivity contribution in [3.8, 4) is 0 Å². The molecule has 0 aliphatic heterocycles. The first-order valence-electron chi connectivity index (χ1n) is 7.49. The van der Waals surface area contributed by atoms with Gasteiger partial charge in [-0.25, -0.2) is 4.39 Å². The minimum atomic E-state index is -0.653. The van der Waals surface area contributed by atoms with E-state index in [1.807, 2.05) is 30.3 Å². The minimum Gasteiger partial charge on any atom is -0.348 e. The Labute approximate surface area is 134 Å². The molecule has 0 bridgehead atoms. The van der Waals surface area contributed by atoms with Gasteiger partial charge in [-0.2, -0.15) is 0 Å². The molecule has 2 aromatic rings. The topological polar surface area (TPSA) is 58.2 Å². The molecule has 0 aliphatic carbocycles. The van der Waals surface area contributed by atoms with Gasteiger partial charge in [0.15, 0.2) is 0 Å². The summed E-state index contributed by atoms with van der Waals surface area (Å²) in [7, 11) is 0. The van der Waals surface area contributed by atoms with Crippen molar-refractivity contribution >= 4 is 11.8 Å². The molecular weight excluding hydrogens is 295 g/mol. The van der Waals surface area contributed by atoms with Gasteiger partial charge in [-0.05, 0) is 36.1 Å². The summed E-state index contributed by atoms with van der Waals surface area (Å²) in [6.07, 6.45) is 1.22. The molecule has 0 saturated carbocycles. The van der Waals surface area contributed by atoms with Crippen LogP contribution in [0.5, 0.6) is 0 Å². The van der Waals surface area contributed by atoms with Crippen LogP contribution in [0.2, 0.25) is 0 Å². The fourth-order valence-corrected chi connectivity index (χ4v) is 2.10. The Kier molecular flexibility index (Phi) is 6.29. The maximum absolute atomic E-state index is 12.8. The third kappa shape index (κ3) is 5.90. The average molecular weight is 314 g/mol. The second kappa shape index (κ2) is 8.68. The lowest BCUT2D eigenvalue weighted by molar-refractivity contribution is -0.139. The molecule has 5 heteroatoms. The van der Waals surface area contributed by atoms with Crippen LogP contribution < -0.4 is 10.6 Å². The van der Waals surface area contributed by atoms with Crippen molar-refractivity contribution in [2.24, 2.45) is 0 Å². The van der Waals surface area contributed by atoms with Crippen LogP contribution in [0.15, 0.2) is 54.6 Å². The summed E-state index contributed by atoms with van der Waals surface area (Å²) in [6, 6.07) is 15.8. The Bertz CT molecular complexity index is 642. The normalized spacial score (nSPS) is 10.1. The molecule has 0 atom stereocenters. The highest BCUT2D eigenvalue weighted by Crippen LogP contribution is 2.02. The van der Waals surface area contributed by atoms with Crippen LogP contribution in [-0.4, -0.2) is 24.9 Å². The highest BCUT2D eigenvalue weighted by Gasteiger charge is 2.11. The van der Waals surface area contributed by atoms with E-state index in [1.54, 1.807) is 12.1 Å². The van der Waals surface area contributed by atoms with E-state index in [9.17, 15) is 14.0 Å². The van der Waals surface area contributed by atoms with Gasteiger partial charge in [0.1, 0.15) is 5.82 Å². The highest BCUT2D eigenvalue weighted by atomic mass is 19.1. The molecule has 2 rings (SSSR count). The number of halogens is 1. The van der Waals surface area contributed by atoms with Crippen LogP contribution in [0.3, 0.4) is 0 Å². The Hall–Kier alpha value is -2.69. The summed E-state index contributed by atoms with van der Waals surface area (Å²) < 4.78 is 12.8. The van der Waals surface area contributed by atoms with Crippen LogP contribution in [-0.2, 0) is 22.4 Å². The number of carbonyl (C=O) groups is 2. The molecule has 2 N–H and O–H groups in total. The predicted molar refractivity (Wildman–Crippen MR) is 86.3 cm³/mol. The lowest BCUT2D eigenvalue weighted by atomic mass is 10.1. The molecule has 0 heterocycles. The number of nitrogens with one attached hydrogen (secondary N) is 2. The maximum atomic E-state index is 12.8. The van der Waals surface area contributed by atoms with Gasteiger partial charge in [0.2, 0.25) is 0 Å². The number of carbonyl (C=O) groups excluding carboxylic acids is 2. The Balaban J connectivity index is 1.64. The van der Waals surface area contributed by atoms with Crippen LogP contribution in [0, 0.1) is 5.82 Å². The lowest BCUT2D eigenvalue weighted by Crippen LogP contribution is -2.41. The summed E-state index contributed by atoms with van der Waals surface area (Å²) in [6.45, 7) is 0.741. The predicted octanol–water partition coefficient (Wildman–Crippen LogP) is 1.84. The zero-order valence-electron chi connectivity index (χ0n) is 12.7. The first kappa shape index (κ1) is 16.7. The fourth-order valence-electron chi connectivity index (χ4n) is 2.10. The zero-order valence-corrected chi connectivity index (χ0v) is 12.7. The van der Waals surface area contributed by atoms with Crippen molar-refractivity contribution in [2.75, 3.05) is 13.1 Å². The van der Waals surface area contributed by atoms with Gasteiger partial charge in [-0.3, -0.25) is 9.59 Å². The Morgan fingerprint density at radius 1 is 0.739 bits per heavy atom. The van der Waals surface area contributed by atoms with Crippen LogP contribution in [0.1, 0.15) is 11.1 Å². The first-order valence-corrected chi connectivity index (χ1v) is 7.49. The van der Waals surface area contributed by atoms with Gasteiger partial charge < -0.3 is 10.6 Å². The van der Waals surface area contributed by atoms with Crippen molar-refractivity contribution in [3.63, 3.8) is 0 Å². The molecular formula is C18H19FN2O2. The van der Waals surface area contributed by atoms with E-state index in [4.69, 9.17) is 0 Å². The van der Waals surface area contributed by atoms with E-state index < -0.39 is 11.8 Å². The van der Waals surface area contributed by atoms with Crippen molar-refractivity contribution in [2.45, 2.75) is 12.8 Å². The van der Waals surface area contributed by atoms with Gasteiger partial charge in [-0.15, -0.1) is 0 Å². The fraction of sp³-hybridized carbons (Fsp3) is 0.222. The molecule has 23 heavy (non-hydrogen) atoms. The Morgan fingerprint density at radius 3 is 1.74 bits per heavy atom. The van der Waals surface area contributed by atoms with Crippen molar-refractivity contribution < 1.29 is 14.0 Å². The quantitative estimate of drug-likeness (QED) is 0.800.